The number of amides is 1. The number of carbonyl (C=O) groups excluding carboxylic acids is 1. The van der Waals surface area contributed by atoms with Crippen molar-refractivity contribution in [1.29, 1.82) is 0 Å². The molecular weight excluding hydrogens is 695 g/mol. The molecule has 8 rings (SSSR count). The van der Waals surface area contributed by atoms with E-state index in [0.29, 0.717) is 42.8 Å². The summed E-state index contributed by atoms with van der Waals surface area (Å²) in [4.78, 5) is 21.4. The zero-order valence-corrected chi connectivity index (χ0v) is 32.7. The lowest BCUT2D eigenvalue weighted by atomic mass is 9.63. The molecule has 4 aliphatic heterocycles. The first-order chi connectivity index (χ1) is 25.1. The number of hydrogen-bond acceptors (Lipinski definition) is 6. The van der Waals surface area contributed by atoms with Crippen LogP contribution in [0.4, 0.5) is 10.1 Å². The molecule has 9 atom stereocenters. The van der Waals surface area contributed by atoms with Gasteiger partial charge in [-0.2, -0.15) is 0 Å². The van der Waals surface area contributed by atoms with Gasteiger partial charge in [0, 0.05) is 80.2 Å². The van der Waals surface area contributed by atoms with Gasteiger partial charge in [0.2, 0.25) is 0 Å². The number of halogens is 2. The highest BCUT2D eigenvalue weighted by molar-refractivity contribution is 8.13. The second kappa shape index (κ2) is 14.7. The molecule has 1 saturated carbocycles. The Bertz CT molecular complexity index is 1730. The predicted molar refractivity (Wildman–Crippen MR) is 212 cm³/mol. The van der Waals surface area contributed by atoms with Crippen molar-refractivity contribution in [2.24, 2.45) is 17.8 Å². The summed E-state index contributed by atoms with van der Waals surface area (Å²) in [5.41, 5.74) is 3.63. The van der Waals surface area contributed by atoms with Crippen LogP contribution in [0.2, 0.25) is 5.02 Å². The molecular formula is C42H56ClFN4O3S. The number of aryl methyl sites for hydroxylation is 1. The van der Waals surface area contributed by atoms with Crippen LogP contribution < -0.4 is 14.4 Å². The highest BCUT2D eigenvalue weighted by atomic mass is 35.5. The van der Waals surface area contributed by atoms with Gasteiger partial charge in [0.1, 0.15) is 17.5 Å². The van der Waals surface area contributed by atoms with Gasteiger partial charge in [0.25, 0.3) is 5.91 Å². The number of piperidine rings is 1. The second-order valence-corrected chi connectivity index (χ2v) is 19.0. The molecule has 1 amide bonds. The maximum absolute atomic E-state index is 14.6. The van der Waals surface area contributed by atoms with E-state index in [0.717, 1.165) is 94.4 Å². The number of nitrogens with zero attached hydrogens (tertiary/aromatic N) is 3. The Kier molecular flexibility index (Phi) is 10.3. The number of hydrogen-bond donors (Lipinski definition) is 1. The molecule has 2 aromatic carbocycles. The summed E-state index contributed by atoms with van der Waals surface area (Å²) >= 11 is 6.48. The summed E-state index contributed by atoms with van der Waals surface area (Å²) in [7, 11) is 1.34. The van der Waals surface area contributed by atoms with E-state index in [4.69, 9.17) is 21.1 Å². The molecule has 1 N–H and O–H groups in total. The Morgan fingerprint density at radius 2 is 1.98 bits per heavy atom. The van der Waals surface area contributed by atoms with Crippen LogP contribution in [0.15, 0.2) is 48.6 Å². The van der Waals surface area contributed by atoms with Crippen LogP contribution >= 0.6 is 22.3 Å². The summed E-state index contributed by atoms with van der Waals surface area (Å²) < 4.78 is 31.3. The van der Waals surface area contributed by atoms with Crippen molar-refractivity contribution in [2.45, 2.75) is 87.3 Å². The number of carbonyl (C=O) groups is 1. The maximum atomic E-state index is 14.6. The lowest BCUT2D eigenvalue weighted by molar-refractivity contribution is -0.101. The molecule has 2 saturated heterocycles. The first-order valence-electron chi connectivity index (χ1n) is 19.5. The fraction of sp³-hybridized carbons (Fsp3) is 0.619. The monoisotopic (exact) mass is 750 g/mol. The first-order valence-corrected chi connectivity index (χ1v) is 21.4. The van der Waals surface area contributed by atoms with Crippen LogP contribution in [0.5, 0.6) is 5.75 Å². The van der Waals surface area contributed by atoms with Crippen LogP contribution in [0.25, 0.3) is 0 Å². The normalized spacial score (nSPS) is 37.5. The lowest BCUT2D eigenvalue weighted by Crippen LogP contribution is -2.62. The molecule has 2 aromatic rings. The molecule has 3 fully saturated rings. The van der Waals surface area contributed by atoms with E-state index in [1.807, 2.05) is 25.3 Å². The first kappa shape index (κ1) is 36.5. The molecule has 10 heteroatoms. The minimum absolute atomic E-state index is 0.0837. The van der Waals surface area contributed by atoms with Gasteiger partial charge in [-0.05, 0) is 104 Å². The van der Waals surface area contributed by atoms with Gasteiger partial charge >= 0.3 is 0 Å². The number of ether oxygens (including phenoxy) is 2. The minimum Gasteiger partial charge on any atom is -0.490 e. The molecule has 6 aliphatic rings. The number of allylic oxidation sites excluding steroid dienone is 1. The van der Waals surface area contributed by atoms with Crippen LogP contribution in [0, 0.1) is 17.8 Å². The van der Waals surface area contributed by atoms with Gasteiger partial charge < -0.3 is 19.1 Å². The summed E-state index contributed by atoms with van der Waals surface area (Å²) in [6.45, 7) is 11.2. The van der Waals surface area contributed by atoms with E-state index < -0.39 is 22.4 Å². The summed E-state index contributed by atoms with van der Waals surface area (Å²) in [6.07, 6.45) is 10.4. The Morgan fingerprint density at radius 1 is 1.12 bits per heavy atom. The zero-order valence-electron chi connectivity index (χ0n) is 31.1. The molecule has 52 heavy (non-hydrogen) atoms. The molecule has 282 valence electrons. The van der Waals surface area contributed by atoms with Crippen molar-refractivity contribution >= 4 is 39.7 Å². The molecule has 0 aromatic heterocycles. The number of fused-ring (bicyclic) bond motifs is 5. The second-order valence-electron chi connectivity index (χ2n) is 16.8. The Morgan fingerprint density at radius 3 is 2.79 bits per heavy atom. The number of rotatable bonds is 3. The predicted octanol–water partition coefficient (Wildman–Crippen LogP) is 7.28. The van der Waals surface area contributed by atoms with Crippen LogP contribution in [-0.4, -0.2) is 104 Å². The third kappa shape index (κ3) is 6.87. The molecule has 9 unspecified atom stereocenters. The summed E-state index contributed by atoms with van der Waals surface area (Å²) in [6, 6.07) is 12.6. The largest absolute Gasteiger partial charge is 0.490 e. The fourth-order valence-electron chi connectivity index (χ4n) is 10.2. The average Bonchev–Trinajstić information content (AvgIpc) is 3.38. The van der Waals surface area contributed by atoms with Gasteiger partial charge in [0.15, 0.2) is 0 Å². The molecule has 1 spiro atoms. The van der Waals surface area contributed by atoms with Crippen LogP contribution in [0.3, 0.4) is 0 Å². The Balaban J connectivity index is 1.16. The third-order valence-corrected chi connectivity index (χ3v) is 15.8. The summed E-state index contributed by atoms with van der Waals surface area (Å²) in [5.74, 6) is 6.20. The number of methoxy groups -OCH3 is 1. The minimum atomic E-state index is -0.699. The van der Waals surface area contributed by atoms with Crippen molar-refractivity contribution in [3.05, 3.63) is 70.3 Å². The quantitative estimate of drug-likeness (QED) is 0.263. The van der Waals surface area contributed by atoms with Crippen LogP contribution in [-0.2, 0) is 16.6 Å². The number of piperazine rings is 1. The molecule has 0 radical (unpaired) electrons. The van der Waals surface area contributed by atoms with Crippen molar-refractivity contribution in [3.63, 3.8) is 0 Å². The number of alkyl halides is 1. The standard InChI is InChI=1S/C42H56ClFN4O3S/c1-28-6-5-15-42(50-3,26-46-18-19-47-17-14-34(44)22-35(47)24-46)37-10-7-32(37)23-48-25-41(16-13-30-20-33(43)9-11-36(30)41)27-51-39-12-8-31(21-38(39)48)40(49)45-52(4)29(28)2/h5,8-9,11-12,15,20-21,28-29,32,34-35,37H,4,6-7,10,13-14,16-19,22-27H2,1-3H3,(H,45,49)/b15-5+. The smallest absolute Gasteiger partial charge is 0.260 e. The van der Waals surface area contributed by atoms with E-state index in [1.54, 1.807) is 0 Å². The van der Waals surface area contributed by atoms with Crippen LogP contribution in [0.1, 0.15) is 73.9 Å². The number of nitrogens with one attached hydrogen (secondary N) is 1. The van der Waals surface area contributed by atoms with Crippen molar-refractivity contribution < 1.29 is 18.7 Å². The van der Waals surface area contributed by atoms with Crippen molar-refractivity contribution in [1.82, 2.24) is 14.5 Å². The topological polar surface area (TPSA) is 57.3 Å². The van der Waals surface area contributed by atoms with E-state index in [9.17, 15) is 9.18 Å². The molecule has 4 heterocycles. The van der Waals surface area contributed by atoms with E-state index in [-0.39, 0.29) is 22.6 Å². The highest BCUT2D eigenvalue weighted by Crippen LogP contribution is 2.50. The lowest BCUT2D eigenvalue weighted by Gasteiger charge is -2.53. The number of anilines is 1. The van der Waals surface area contributed by atoms with E-state index >= 15 is 0 Å². The Hall–Kier alpha value is -2.43. The van der Waals surface area contributed by atoms with Gasteiger partial charge in [-0.1, -0.05) is 60.2 Å². The molecule has 2 bridgehead atoms. The third-order valence-electron chi connectivity index (χ3n) is 13.7. The molecule has 7 nitrogen and oxygen atoms in total. The summed E-state index contributed by atoms with van der Waals surface area (Å²) in [5, 5.41) is 0.970. The van der Waals surface area contributed by atoms with Gasteiger partial charge in [-0.25, -0.2) is 4.39 Å². The fourth-order valence-corrected chi connectivity index (χ4v) is 11.6. The SMILES string of the molecule is C=S1NC(=O)c2ccc3c(c2)N(CC2CCC2C(CN2CCN4CCC(F)CC4C2)(OC)/C=C/CC(C)C1C)CC1(CCc2cc(Cl)ccc21)CO3. The average molecular weight is 751 g/mol. The number of benzene rings is 2. The Labute approximate surface area is 317 Å². The highest BCUT2D eigenvalue weighted by Gasteiger charge is 2.50. The van der Waals surface area contributed by atoms with Gasteiger partial charge in [0.05, 0.1) is 12.3 Å². The van der Waals surface area contributed by atoms with E-state index in [2.05, 4.69) is 69.5 Å². The van der Waals surface area contributed by atoms with Crippen molar-refractivity contribution in [3.8, 4) is 5.75 Å². The van der Waals surface area contributed by atoms with E-state index in [1.165, 1.54) is 11.1 Å². The van der Waals surface area contributed by atoms with Crippen molar-refractivity contribution in [2.75, 3.05) is 64.4 Å². The zero-order chi connectivity index (χ0) is 36.2. The maximum Gasteiger partial charge on any atom is 0.260 e. The molecule has 2 aliphatic carbocycles. The van der Waals surface area contributed by atoms with Gasteiger partial charge in [-0.15, -0.1) is 0 Å². The van der Waals surface area contributed by atoms with Gasteiger partial charge in [-0.3, -0.25) is 14.6 Å².